The molecular formula is C14H15N3O3. The maximum absolute atomic E-state index is 11.5. The summed E-state index contributed by atoms with van der Waals surface area (Å²) in [6, 6.07) is 9.45. The van der Waals surface area contributed by atoms with Crippen LogP contribution >= 0.6 is 0 Å². The molecule has 6 nitrogen and oxygen atoms in total. The predicted octanol–water partition coefficient (Wildman–Crippen LogP) is 0.693. The third kappa shape index (κ3) is 4.82. The third-order valence-electron chi connectivity index (χ3n) is 2.57. The van der Waals surface area contributed by atoms with E-state index < -0.39 is 18.4 Å². The predicted molar refractivity (Wildman–Crippen MR) is 72.4 cm³/mol. The summed E-state index contributed by atoms with van der Waals surface area (Å²) < 4.78 is 0. The van der Waals surface area contributed by atoms with E-state index >= 15 is 0 Å². The fourth-order valence-electron chi connectivity index (χ4n) is 1.47. The maximum Gasteiger partial charge on any atom is 0.322 e. The lowest BCUT2D eigenvalue weighted by atomic mass is 10.1. The first-order valence-electron chi connectivity index (χ1n) is 5.92. The van der Waals surface area contributed by atoms with Gasteiger partial charge in [0.1, 0.15) is 18.2 Å². The van der Waals surface area contributed by atoms with Crippen molar-refractivity contribution >= 4 is 11.9 Å². The number of carbonyl (C=O) groups excluding carboxylic acids is 1. The second kappa shape index (κ2) is 7.59. The number of carbonyl (C=O) groups is 2. The lowest BCUT2D eigenvalue weighted by Crippen LogP contribution is -2.30. The fraction of sp³-hybridized carbons (Fsp3) is 0.214. The first-order chi connectivity index (χ1) is 9.54. The quantitative estimate of drug-likeness (QED) is 0.523. The molecule has 1 aromatic carbocycles. The number of nitrogens with zero attached hydrogens (tertiary/aromatic N) is 1. The molecule has 1 rings (SSSR count). The smallest absolute Gasteiger partial charge is 0.322 e. The van der Waals surface area contributed by atoms with Gasteiger partial charge in [0.25, 0.3) is 5.91 Å². The van der Waals surface area contributed by atoms with Crippen LogP contribution in [0.5, 0.6) is 0 Å². The lowest BCUT2D eigenvalue weighted by molar-refractivity contribution is -0.137. The van der Waals surface area contributed by atoms with Crippen LogP contribution in [0.3, 0.4) is 0 Å². The molecule has 0 heterocycles. The fourth-order valence-corrected chi connectivity index (χ4v) is 1.47. The molecule has 0 spiro atoms. The van der Waals surface area contributed by atoms with Gasteiger partial charge in [-0.1, -0.05) is 24.3 Å². The Balaban J connectivity index is 2.58. The monoisotopic (exact) mass is 273 g/mol. The van der Waals surface area contributed by atoms with Gasteiger partial charge in [-0.15, -0.1) is 0 Å². The van der Waals surface area contributed by atoms with Crippen LogP contribution < -0.4 is 10.6 Å². The van der Waals surface area contributed by atoms with Crippen molar-refractivity contribution in [2.75, 3.05) is 6.54 Å². The van der Waals surface area contributed by atoms with E-state index in [1.165, 1.54) is 6.20 Å². The highest BCUT2D eigenvalue weighted by Crippen LogP contribution is 2.06. The number of hydrogen-bond donors (Lipinski definition) is 3. The normalized spacial score (nSPS) is 10.5. The molecule has 0 aliphatic rings. The summed E-state index contributed by atoms with van der Waals surface area (Å²) in [5.74, 6) is -1.88. The van der Waals surface area contributed by atoms with E-state index in [0.29, 0.717) is 6.54 Å². The summed E-state index contributed by atoms with van der Waals surface area (Å²) in [6.45, 7) is 1.92. The van der Waals surface area contributed by atoms with Crippen molar-refractivity contribution in [2.24, 2.45) is 0 Å². The van der Waals surface area contributed by atoms with Crippen molar-refractivity contribution in [1.29, 1.82) is 5.26 Å². The number of amides is 1. The Bertz CT molecular complexity index is 573. The van der Waals surface area contributed by atoms with Crippen LogP contribution in [0.2, 0.25) is 0 Å². The molecule has 0 unspecified atom stereocenters. The van der Waals surface area contributed by atoms with E-state index in [4.69, 9.17) is 10.4 Å². The first kappa shape index (κ1) is 15.2. The van der Waals surface area contributed by atoms with Crippen molar-refractivity contribution < 1.29 is 14.7 Å². The zero-order valence-corrected chi connectivity index (χ0v) is 11.0. The zero-order valence-electron chi connectivity index (χ0n) is 11.0. The summed E-state index contributed by atoms with van der Waals surface area (Å²) in [6.07, 6.45) is 1.28. The molecule has 6 heteroatoms. The number of carboxylic acid groups (broad SMARTS) is 1. The molecule has 20 heavy (non-hydrogen) atoms. The topological polar surface area (TPSA) is 102 Å². The SMILES string of the molecule is Cc1ccccc1CN/C=C(/C#N)C(=O)NCC(=O)O. The molecule has 1 aromatic rings. The van der Waals surface area contributed by atoms with Crippen LogP contribution in [0.15, 0.2) is 36.0 Å². The Morgan fingerprint density at radius 3 is 2.70 bits per heavy atom. The van der Waals surface area contributed by atoms with Gasteiger partial charge in [-0.05, 0) is 18.1 Å². The molecule has 0 aromatic heterocycles. The molecule has 1 amide bonds. The Kier molecular flexibility index (Phi) is 5.78. The van der Waals surface area contributed by atoms with Gasteiger partial charge in [0.05, 0.1) is 0 Å². The number of aryl methyl sites for hydroxylation is 1. The molecule has 0 atom stereocenters. The number of hydrogen-bond acceptors (Lipinski definition) is 4. The summed E-state index contributed by atoms with van der Waals surface area (Å²) in [4.78, 5) is 21.8. The highest BCUT2D eigenvalue weighted by molar-refractivity contribution is 5.98. The number of carboxylic acids is 1. The molecule has 0 aliphatic carbocycles. The molecule has 0 aliphatic heterocycles. The van der Waals surface area contributed by atoms with Crippen LogP contribution in [-0.4, -0.2) is 23.5 Å². The molecule has 0 saturated carbocycles. The molecule has 0 radical (unpaired) electrons. The third-order valence-corrected chi connectivity index (χ3v) is 2.57. The Labute approximate surface area is 116 Å². The van der Waals surface area contributed by atoms with Gasteiger partial charge < -0.3 is 15.7 Å². The minimum Gasteiger partial charge on any atom is -0.480 e. The van der Waals surface area contributed by atoms with E-state index in [-0.39, 0.29) is 5.57 Å². The molecule has 0 saturated heterocycles. The van der Waals surface area contributed by atoms with Gasteiger partial charge >= 0.3 is 5.97 Å². The summed E-state index contributed by atoms with van der Waals surface area (Å²) >= 11 is 0. The summed E-state index contributed by atoms with van der Waals surface area (Å²) in [7, 11) is 0. The van der Waals surface area contributed by atoms with E-state index in [0.717, 1.165) is 11.1 Å². The van der Waals surface area contributed by atoms with Crippen molar-refractivity contribution in [3.63, 3.8) is 0 Å². The number of rotatable bonds is 6. The van der Waals surface area contributed by atoms with E-state index in [1.54, 1.807) is 6.07 Å². The Morgan fingerprint density at radius 1 is 1.40 bits per heavy atom. The van der Waals surface area contributed by atoms with Gasteiger partial charge in [0.15, 0.2) is 0 Å². The first-order valence-corrected chi connectivity index (χ1v) is 5.92. The highest BCUT2D eigenvalue weighted by Gasteiger charge is 2.09. The Hall–Kier alpha value is -2.81. The second-order valence-corrected chi connectivity index (χ2v) is 4.05. The van der Waals surface area contributed by atoms with Gasteiger partial charge in [0.2, 0.25) is 0 Å². The van der Waals surface area contributed by atoms with E-state index in [2.05, 4.69) is 10.6 Å². The minimum absolute atomic E-state index is 0.167. The molecule has 3 N–H and O–H groups in total. The number of aliphatic carboxylic acids is 1. The van der Waals surface area contributed by atoms with Crippen molar-refractivity contribution in [1.82, 2.24) is 10.6 Å². The number of nitriles is 1. The van der Waals surface area contributed by atoms with Gasteiger partial charge in [0, 0.05) is 12.7 Å². The number of nitrogens with one attached hydrogen (secondary N) is 2. The standard InChI is InChI=1S/C14H15N3O3/c1-10-4-2-3-5-11(10)7-16-8-12(6-15)14(20)17-9-13(18)19/h2-5,8,16H,7,9H2,1H3,(H,17,20)(H,18,19)/b12-8-. The van der Waals surface area contributed by atoms with Crippen LogP contribution in [-0.2, 0) is 16.1 Å². The van der Waals surface area contributed by atoms with Gasteiger partial charge in [-0.3, -0.25) is 9.59 Å². The Morgan fingerprint density at radius 2 is 2.10 bits per heavy atom. The van der Waals surface area contributed by atoms with Crippen molar-refractivity contribution in [3.05, 3.63) is 47.2 Å². The van der Waals surface area contributed by atoms with Crippen LogP contribution in [0.1, 0.15) is 11.1 Å². The average molecular weight is 273 g/mol. The highest BCUT2D eigenvalue weighted by atomic mass is 16.4. The van der Waals surface area contributed by atoms with Gasteiger partial charge in [-0.2, -0.15) is 5.26 Å². The van der Waals surface area contributed by atoms with Crippen molar-refractivity contribution in [2.45, 2.75) is 13.5 Å². The lowest BCUT2D eigenvalue weighted by Gasteiger charge is -2.06. The summed E-state index contributed by atoms with van der Waals surface area (Å²) in [5, 5.41) is 22.3. The number of benzene rings is 1. The molecule has 0 bridgehead atoms. The molecule has 0 fully saturated rings. The molecular weight excluding hydrogens is 258 g/mol. The van der Waals surface area contributed by atoms with Crippen LogP contribution in [0.4, 0.5) is 0 Å². The summed E-state index contributed by atoms with van der Waals surface area (Å²) in [5.41, 5.74) is 1.98. The van der Waals surface area contributed by atoms with Crippen LogP contribution in [0.25, 0.3) is 0 Å². The second-order valence-electron chi connectivity index (χ2n) is 4.05. The van der Waals surface area contributed by atoms with E-state index in [1.807, 2.05) is 31.2 Å². The van der Waals surface area contributed by atoms with Gasteiger partial charge in [-0.25, -0.2) is 0 Å². The maximum atomic E-state index is 11.5. The average Bonchev–Trinajstić information content (AvgIpc) is 2.43. The largest absolute Gasteiger partial charge is 0.480 e. The molecule has 104 valence electrons. The van der Waals surface area contributed by atoms with Crippen molar-refractivity contribution in [3.8, 4) is 6.07 Å². The van der Waals surface area contributed by atoms with Crippen LogP contribution in [0, 0.1) is 18.3 Å². The van der Waals surface area contributed by atoms with E-state index in [9.17, 15) is 9.59 Å². The zero-order chi connectivity index (χ0) is 15.0. The minimum atomic E-state index is -1.16.